The van der Waals surface area contributed by atoms with Gasteiger partial charge in [-0.1, -0.05) is 18.2 Å². The van der Waals surface area contributed by atoms with Gasteiger partial charge in [-0.25, -0.2) is 4.99 Å². The van der Waals surface area contributed by atoms with Gasteiger partial charge in [-0.3, -0.25) is 4.79 Å². The first-order chi connectivity index (χ1) is 11.4. The van der Waals surface area contributed by atoms with Crippen LogP contribution in [0.25, 0.3) is 6.08 Å². The summed E-state index contributed by atoms with van der Waals surface area (Å²) in [7, 11) is 0. The molecule has 122 valence electrons. The number of nitrogens with one attached hydrogen (secondary N) is 1. The molecule has 0 unspecified atom stereocenters. The van der Waals surface area contributed by atoms with Gasteiger partial charge in [0.15, 0.2) is 16.7 Å². The Morgan fingerprint density at radius 1 is 1.12 bits per heavy atom. The fourth-order valence-electron chi connectivity index (χ4n) is 2.23. The Morgan fingerprint density at radius 3 is 2.67 bits per heavy atom. The number of amidine groups is 1. The van der Waals surface area contributed by atoms with Crippen LogP contribution in [0, 0.1) is 13.8 Å². The van der Waals surface area contributed by atoms with E-state index in [0.717, 1.165) is 16.8 Å². The van der Waals surface area contributed by atoms with Crippen LogP contribution in [0.4, 0.5) is 5.69 Å². The van der Waals surface area contributed by atoms with Crippen molar-refractivity contribution >= 4 is 34.6 Å². The Hall–Kier alpha value is -2.73. The van der Waals surface area contributed by atoms with E-state index in [9.17, 15) is 15.0 Å². The maximum atomic E-state index is 12.1. The van der Waals surface area contributed by atoms with Crippen molar-refractivity contribution in [2.24, 2.45) is 4.99 Å². The molecule has 0 spiro atoms. The molecular formula is C18H16N2O3S. The van der Waals surface area contributed by atoms with Gasteiger partial charge >= 0.3 is 0 Å². The van der Waals surface area contributed by atoms with E-state index in [0.29, 0.717) is 15.6 Å². The van der Waals surface area contributed by atoms with Gasteiger partial charge in [0.05, 0.1) is 10.6 Å². The van der Waals surface area contributed by atoms with Crippen LogP contribution < -0.4 is 5.32 Å². The van der Waals surface area contributed by atoms with Crippen molar-refractivity contribution in [1.29, 1.82) is 0 Å². The number of phenols is 2. The lowest BCUT2D eigenvalue weighted by molar-refractivity contribution is -0.115. The smallest absolute Gasteiger partial charge is 0.264 e. The van der Waals surface area contributed by atoms with Crippen LogP contribution in [0.1, 0.15) is 16.7 Å². The van der Waals surface area contributed by atoms with Crippen molar-refractivity contribution in [3.05, 3.63) is 58.0 Å². The monoisotopic (exact) mass is 340 g/mol. The van der Waals surface area contributed by atoms with Gasteiger partial charge in [0, 0.05) is 0 Å². The number of rotatable bonds is 2. The van der Waals surface area contributed by atoms with E-state index in [1.165, 1.54) is 23.9 Å². The third kappa shape index (κ3) is 3.28. The Bertz CT molecular complexity index is 888. The minimum absolute atomic E-state index is 0.196. The average Bonchev–Trinajstić information content (AvgIpc) is 2.87. The molecule has 6 heteroatoms. The lowest BCUT2D eigenvalue weighted by Crippen LogP contribution is -2.19. The maximum Gasteiger partial charge on any atom is 0.264 e. The zero-order valence-electron chi connectivity index (χ0n) is 13.2. The second-order valence-corrected chi connectivity index (χ2v) is 6.48. The fourth-order valence-corrected chi connectivity index (χ4v) is 3.06. The van der Waals surface area contributed by atoms with E-state index in [1.807, 2.05) is 32.0 Å². The standard InChI is InChI=1S/C18H16N2O3S/c1-10-4-3-5-13(11(10)2)19-18-20-17(23)16(24-18)9-12-6-7-14(21)15(22)8-12/h3-9,21-22H,1-2H3,(H,19,20,23)/b16-9+. The Kier molecular flexibility index (Phi) is 4.31. The molecule has 3 rings (SSSR count). The molecule has 1 saturated heterocycles. The van der Waals surface area contributed by atoms with E-state index in [2.05, 4.69) is 10.3 Å². The van der Waals surface area contributed by atoms with Gasteiger partial charge in [0.25, 0.3) is 5.91 Å². The zero-order valence-corrected chi connectivity index (χ0v) is 14.0. The number of carbonyl (C=O) groups is 1. The molecule has 0 saturated carbocycles. The van der Waals surface area contributed by atoms with Gasteiger partial charge < -0.3 is 15.5 Å². The normalized spacial score (nSPS) is 17.5. The van der Waals surface area contributed by atoms with Crippen LogP contribution in [0.3, 0.4) is 0 Å². The van der Waals surface area contributed by atoms with Crippen LogP contribution in [0.2, 0.25) is 0 Å². The molecule has 3 N–H and O–H groups in total. The van der Waals surface area contributed by atoms with Crippen molar-refractivity contribution in [1.82, 2.24) is 5.32 Å². The Balaban J connectivity index is 1.88. The van der Waals surface area contributed by atoms with E-state index < -0.39 is 0 Å². The van der Waals surface area contributed by atoms with E-state index in [1.54, 1.807) is 12.1 Å². The number of hydrogen-bond acceptors (Lipinski definition) is 5. The number of aromatic hydroxyl groups is 2. The summed E-state index contributed by atoms with van der Waals surface area (Å²) in [6.45, 7) is 4.01. The highest BCUT2D eigenvalue weighted by Crippen LogP contribution is 2.31. The van der Waals surface area contributed by atoms with Crippen molar-refractivity contribution < 1.29 is 15.0 Å². The highest BCUT2D eigenvalue weighted by molar-refractivity contribution is 8.18. The maximum absolute atomic E-state index is 12.1. The predicted octanol–water partition coefficient (Wildman–Crippen LogP) is 3.61. The first-order valence-corrected chi connectivity index (χ1v) is 8.13. The largest absolute Gasteiger partial charge is 0.504 e. The summed E-state index contributed by atoms with van der Waals surface area (Å²) in [6.07, 6.45) is 1.64. The van der Waals surface area contributed by atoms with Gasteiger partial charge in [-0.2, -0.15) is 0 Å². The fraction of sp³-hybridized carbons (Fsp3) is 0.111. The molecule has 5 nitrogen and oxygen atoms in total. The highest BCUT2D eigenvalue weighted by Gasteiger charge is 2.24. The first-order valence-electron chi connectivity index (χ1n) is 7.32. The van der Waals surface area contributed by atoms with E-state index in [4.69, 9.17) is 0 Å². The third-order valence-electron chi connectivity index (χ3n) is 3.75. The first kappa shape index (κ1) is 16.1. The SMILES string of the molecule is Cc1cccc(N=C2NC(=O)/C(=C\c3ccc(O)c(O)c3)S2)c1C. The van der Waals surface area contributed by atoms with Crippen molar-refractivity contribution in [2.45, 2.75) is 13.8 Å². The lowest BCUT2D eigenvalue weighted by atomic mass is 10.1. The van der Waals surface area contributed by atoms with Gasteiger partial charge in [-0.15, -0.1) is 0 Å². The zero-order chi connectivity index (χ0) is 17.3. The Labute approximate surface area is 143 Å². The molecule has 0 atom stereocenters. The lowest BCUT2D eigenvalue weighted by Gasteiger charge is -2.04. The number of nitrogens with zero attached hydrogens (tertiary/aromatic N) is 1. The van der Waals surface area contributed by atoms with Crippen molar-refractivity contribution in [3.8, 4) is 11.5 Å². The quantitative estimate of drug-likeness (QED) is 0.576. The summed E-state index contributed by atoms with van der Waals surface area (Å²) >= 11 is 1.24. The topological polar surface area (TPSA) is 81.9 Å². The number of aryl methyl sites for hydroxylation is 1. The summed E-state index contributed by atoms with van der Waals surface area (Å²) in [5, 5.41) is 22.1. The second-order valence-electron chi connectivity index (χ2n) is 5.45. The molecule has 0 radical (unpaired) electrons. The van der Waals surface area contributed by atoms with Gasteiger partial charge in [0.2, 0.25) is 0 Å². The average molecular weight is 340 g/mol. The van der Waals surface area contributed by atoms with Crippen LogP contribution in [-0.2, 0) is 4.79 Å². The number of benzene rings is 2. The van der Waals surface area contributed by atoms with Crippen molar-refractivity contribution in [3.63, 3.8) is 0 Å². The second kappa shape index (κ2) is 6.41. The predicted molar refractivity (Wildman–Crippen MR) is 96.5 cm³/mol. The van der Waals surface area contributed by atoms with Crippen LogP contribution in [-0.4, -0.2) is 21.3 Å². The number of thioether (sulfide) groups is 1. The molecule has 2 aromatic carbocycles. The molecule has 0 aliphatic carbocycles. The van der Waals surface area contributed by atoms with Gasteiger partial charge in [0.1, 0.15) is 0 Å². The Morgan fingerprint density at radius 2 is 1.92 bits per heavy atom. The molecule has 24 heavy (non-hydrogen) atoms. The summed E-state index contributed by atoms with van der Waals surface area (Å²) in [5.74, 6) is -0.661. The summed E-state index contributed by atoms with van der Waals surface area (Å²) in [6, 6.07) is 10.2. The third-order valence-corrected chi connectivity index (χ3v) is 4.66. The van der Waals surface area contributed by atoms with E-state index in [-0.39, 0.29) is 17.4 Å². The molecule has 0 bridgehead atoms. The number of carbonyl (C=O) groups excluding carboxylic acids is 1. The number of hydrogen-bond donors (Lipinski definition) is 3. The number of aliphatic imine (C=N–C) groups is 1. The van der Waals surface area contributed by atoms with Crippen molar-refractivity contribution in [2.75, 3.05) is 0 Å². The summed E-state index contributed by atoms with van der Waals surface area (Å²) in [4.78, 5) is 17.1. The highest BCUT2D eigenvalue weighted by atomic mass is 32.2. The molecule has 1 heterocycles. The molecule has 2 aromatic rings. The van der Waals surface area contributed by atoms with Crippen LogP contribution in [0.5, 0.6) is 11.5 Å². The minimum atomic E-state index is -0.239. The molecule has 1 fully saturated rings. The molecular weight excluding hydrogens is 324 g/mol. The van der Waals surface area contributed by atoms with E-state index >= 15 is 0 Å². The van der Waals surface area contributed by atoms with Crippen LogP contribution in [0.15, 0.2) is 46.3 Å². The van der Waals surface area contributed by atoms with Gasteiger partial charge in [-0.05, 0) is 66.6 Å². The number of amides is 1. The molecule has 1 aliphatic heterocycles. The summed E-state index contributed by atoms with van der Waals surface area (Å²) in [5.41, 5.74) is 3.65. The number of phenolic OH excluding ortho intramolecular Hbond substituents is 2. The van der Waals surface area contributed by atoms with Crippen LogP contribution >= 0.6 is 11.8 Å². The molecule has 1 aliphatic rings. The summed E-state index contributed by atoms with van der Waals surface area (Å²) < 4.78 is 0. The molecule has 0 aromatic heterocycles. The minimum Gasteiger partial charge on any atom is -0.504 e. The molecule has 1 amide bonds.